The third-order valence-electron chi connectivity index (χ3n) is 1.91. The summed E-state index contributed by atoms with van der Waals surface area (Å²) in [7, 11) is 0. The maximum Gasteiger partial charge on any atom is 0.319 e. The van der Waals surface area contributed by atoms with Crippen LogP contribution in [-0.4, -0.2) is 27.8 Å². The van der Waals surface area contributed by atoms with Crippen LogP contribution >= 0.6 is 11.8 Å². The van der Waals surface area contributed by atoms with Gasteiger partial charge >= 0.3 is 5.97 Å². The highest BCUT2D eigenvalue weighted by Gasteiger charge is 2.20. The summed E-state index contributed by atoms with van der Waals surface area (Å²) in [4.78, 5) is 19.6. The van der Waals surface area contributed by atoms with Crippen LogP contribution in [0.3, 0.4) is 0 Å². The van der Waals surface area contributed by atoms with Crippen LogP contribution in [0.25, 0.3) is 0 Å². The van der Waals surface area contributed by atoms with Crippen molar-refractivity contribution in [3.05, 3.63) is 6.07 Å². The number of nitrogens with zero attached hydrogens (tertiary/aromatic N) is 2. The Morgan fingerprint density at radius 1 is 1.41 bits per heavy atom. The summed E-state index contributed by atoms with van der Waals surface area (Å²) < 4.78 is 4.95. The molecule has 0 spiro atoms. The lowest BCUT2D eigenvalue weighted by molar-refractivity contribution is -0.142. The molecule has 0 bridgehead atoms. The van der Waals surface area contributed by atoms with Crippen molar-refractivity contribution in [3.8, 4) is 0 Å². The Bertz CT molecular complexity index is 380. The second-order valence-corrected chi connectivity index (χ2v) is 4.44. The van der Waals surface area contributed by atoms with Gasteiger partial charge in [0.1, 0.15) is 16.9 Å². The van der Waals surface area contributed by atoms with Gasteiger partial charge in [0, 0.05) is 6.07 Å². The molecule has 0 amide bonds. The van der Waals surface area contributed by atoms with E-state index in [-0.39, 0.29) is 11.2 Å². The van der Waals surface area contributed by atoms with Crippen molar-refractivity contribution in [1.82, 2.24) is 9.97 Å². The summed E-state index contributed by atoms with van der Waals surface area (Å²) in [6, 6.07) is 1.47. The van der Waals surface area contributed by atoms with Gasteiger partial charge in [0.25, 0.3) is 0 Å². The Kier molecular flexibility index (Phi) is 5.02. The van der Waals surface area contributed by atoms with Gasteiger partial charge in [-0.2, -0.15) is 0 Å². The van der Waals surface area contributed by atoms with Crippen LogP contribution in [-0.2, 0) is 9.53 Å². The van der Waals surface area contributed by atoms with E-state index < -0.39 is 0 Å². The first-order chi connectivity index (χ1) is 8.06. The third kappa shape index (κ3) is 4.10. The van der Waals surface area contributed by atoms with Gasteiger partial charge in [0.05, 0.1) is 6.61 Å². The van der Waals surface area contributed by atoms with E-state index in [0.29, 0.717) is 29.8 Å². The number of ether oxygens (including phenoxy) is 1. The molecule has 0 aliphatic carbocycles. The Balaban J connectivity index is 2.76. The van der Waals surface area contributed by atoms with Gasteiger partial charge in [0.15, 0.2) is 5.16 Å². The first-order valence-electron chi connectivity index (χ1n) is 5.30. The average molecular weight is 256 g/mol. The molecule has 1 atom stereocenters. The summed E-state index contributed by atoms with van der Waals surface area (Å²) in [5.74, 6) is 0.307. The maximum atomic E-state index is 11.6. The molecular weight excluding hydrogens is 240 g/mol. The minimum atomic E-state index is -0.337. The zero-order valence-electron chi connectivity index (χ0n) is 9.84. The monoisotopic (exact) mass is 256 g/mol. The fourth-order valence-electron chi connectivity index (χ4n) is 1.18. The summed E-state index contributed by atoms with van der Waals surface area (Å²) in [6.45, 7) is 4.02. The van der Waals surface area contributed by atoms with E-state index in [1.807, 2.05) is 6.92 Å². The fraction of sp³-hybridized carbons (Fsp3) is 0.500. The number of anilines is 2. The Morgan fingerprint density at radius 2 is 2.00 bits per heavy atom. The SMILES string of the molecule is CCOC(=O)C(CC)Sc1nc(N)cc(N)n1. The summed E-state index contributed by atoms with van der Waals surface area (Å²) in [5, 5.41) is 0.0542. The molecule has 0 radical (unpaired) electrons. The standard InChI is InChI=1S/C10H16N4O2S/c1-3-6(9(15)16-4-2)17-10-13-7(11)5-8(12)14-10/h5-6H,3-4H2,1-2H3,(H4,11,12,13,14). The quantitative estimate of drug-likeness (QED) is 0.461. The summed E-state index contributed by atoms with van der Waals surface area (Å²) >= 11 is 1.21. The molecule has 94 valence electrons. The van der Waals surface area contributed by atoms with Crippen LogP contribution in [0.1, 0.15) is 20.3 Å². The van der Waals surface area contributed by atoms with Gasteiger partial charge in [0.2, 0.25) is 0 Å². The van der Waals surface area contributed by atoms with Gasteiger partial charge in [-0.3, -0.25) is 4.79 Å². The van der Waals surface area contributed by atoms with Gasteiger partial charge in [-0.25, -0.2) is 9.97 Å². The van der Waals surface area contributed by atoms with Gasteiger partial charge in [-0.1, -0.05) is 18.7 Å². The first kappa shape index (κ1) is 13.6. The molecular formula is C10H16N4O2S. The van der Waals surface area contributed by atoms with Crippen LogP contribution in [0, 0.1) is 0 Å². The molecule has 1 aromatic heterocycles. The molecule has 1 heterocycles. The molecule has 0 aromatic carbocycles. The van der Waals surface area contributed by atoms with Crippen molar-refractivity contribution in [2.45, 2.75) is 30.7 Å². The summed E-state index contributed by atoms with van der Waals surface area (Å²) in [5.41, 5.74) is 11.1. The van der Waals surface area contributed by atoms with E-state index in [2.05, 4.69) is 9.97 Å². The number of hydrogen-bond acceptors (Lipinski definition) is 7. The lowest BCUT2D eigenvalue weighted by atomic mass is 10.3. The van der Waals surface area contributed by atoms with Crippen molar-refractivity contribution < 1.29 is 9.53 Å². The predicted octanol–water partition coefficient (Wildman–Crippen LogP) is 1.07. The fourth-order valence-corrected chi connectivity index (χ4v) is 2.08. The minimum Gasteiger partial charge on any atom is -0.465 e. The maximum absolute atomic E-state index is 11.6. The Labute approximate surface area is 104 Å². The molecule has 1 rings (SSSR count). The van der Waals surface area contributed by atoms with Crippen LogP contribution in [0.5, 0.6) is 0 Å². The van der Waals surface area contributed by atoms with Crippen LogP contribution in [0.2, 0.25) is 0 Å². The van der Waals surface area contributed by atoms with E-state index in [0.717, 1.165) is 0 Å². The second-order valence-electron chi connectivity index (χ2n) is 3.27. The van der Waals surface area contributed by atoms with Crippen LogP contribution in [0.4, 0.5) is 11.6 Å². The Morgan fingerprint density at radius 3 is 2.47 bits per heavy atom. The van der Waals surface area contributed by atoms with E-state index in [4.69, 9.17) is 16.2 Å². The molecule has 17 heavy (non-hydrogen) atoms. The van der Waals surface area contributed by atoms with E-state index >= 15 is 0 Å². The topological polar surface area (TPSA) is 104 Å². The second kappa shape index (κ2) is 6.29. The van der Waals surface area contributed by atoms with Gasteiger partial charge in [-0.15, -0.1) is 0 Å². The number of hydrogen-bond donors (Lipinski definition) is 2. The lowest BCUT2D eigenvalue weighted by Gasteiger charge is -2.12. The van der Waals surface area contributed by atoms with Crippen molar-refractivity contribution in [2.24, 2.45) is 0 Å². The zero-order valence-corrected chi connectivity index (χ0v) is 10.7. The molecule has 4 N–H and O–H groups in total. The van der Waals surface area contributed by atoms with E-state index in [1.54, 1.807) is 6.92 Å². The first-order valence-corrected chi connectivity index (χ1v) is 6.18. The normalized spacial score (nSPS) is 12.1. The number of aromatic nitrogens is 2. The number of thioether (sulfide) groups is 1. The largest absolute Gasteiger partial charge is 0.465 e. The molecule has 1 aromatic rings. The van der Waals surface area contributed by atoms with Crippen molar-refractivity contribution in [1.29, 1.82) is 0 Å². The number of nitrogens with two attached hydrogens (primary N) is 2. The number of rotatable bonds is 5. The number of carbonyl (C=O) groups excluding carboxylic acids is 1. The molecule has 6 nitrogen and oxygen atoms in total. The smallest absolute Gasteiger partial charge is 0.319 e. The number of nitrogen functional groups attached to an aromatic ring is 2. The van der Waals surface area contributed by atoms with Crippen LogP contribution in [0.15, 0.2) is 11.2 Å². The highest BCUT2D eigenvalue weighted by Crippen LogP contribution is 2.24. The molecule has 0 aliphatic rings. The number of carbonyl (C=O) groups is 1. The highest BCUT2D eigenvalue weighted by molar-refractivity contribution is 8.00. The molecule has 1 unspecified atom stereocenters. The Hall–Kier alpha value is -1.50. The van der Waals surface area contributed by atoms with Gasteiger partial charge < -0.3 is 16.2 Å². The predicted molar refractivity (Wildman–Crippen MR) is 67.4 cm³/mol. The van der Waals surface area contributed by atoms with Crippen molar-refractivity contribution in [3.63, 3.8) is 0 Å². The molecule has 0 fully saturated rings. The molecule has 7 heteroatoms. The minimum absolute atomic E-state index is 0.274. The molecule has 0 aliphatic heterocycles. The van der Waals surface area contributed by atoms with Crippen molar-refractivity contribution in [2.75, 3.05) is 18.1 Å². The average Bonchev–Trinajstić information content (AvgIpc) is 2.24. The number of esters is 1. The van der Waals surface area contributed by atoms with E-state index in [1.165, 1.54) is 17.8 Å². The lowest BCUT2D eigenvalue weighted by Crippen LogP contribution is -2.20. The molecule has 0 saturated heterocycles. The van der Waals surface area contributed by atoms with E-state index in [9.17, 15) is 4.79 Å². The van der Waals surface area contributed by atoms with Crippen LogP contribution < -0.4 is 11.5 Å². The highest BCUT2D eigenvalue weighted by atomic mass is 32.2. The molecule has 0 saturated carbocycles. The van der Waals surface area contributed by atoms with Gasteiger partial charge in [-0.05, 0) is 13.3 Å². The summed E-state index contributed by atoms with van der Waals surface area (Å²) in [6.07, 6.45) is 0.627. The zero-order chi connectivity index (χ0) is 12.8. The van der Waals surface area contributed by atoms with Crippen molar-refractivity contribution >= 4 is 29.4 Å². The third-order valence-corrected chi connectivity index (χ3v) is 3.12.